The molecule has 0 bridgehead atoms. The second-order valence-corrected chi connectivity index (χ2v) is 12.6. The lowest BCUT2D eigenvalue weighted by Gasteiger charge is -2.62. The lowest BCUT2D eigenvalue weighted by atomic mass is 9.43. The average molecular weight is 505 g/mol. The summed E-state index contributed by atoms with van der Waals surface area (Å²) in [6.45, 7) is 9.57. The van der Waals surface area contributed by atoms with Crippen molar-refractivity contribution in [3.05, 3.63) is 0 Å². The molecule has 4 fully saturated rings. The molecule has 0 aromatic carbocycles. The molecule has 0 amide bonds. The number of hydrogen-bond acceptors (Lipinski definition) is 7. The van der Waals surface area contributed by atoms with Gasteiger partial charge in [0.2, 0.25) is 0 Å². The molecule has 0 spiro atoms. The Morgan fingerprint density at radius 2 is 1.69 bits per heavy atom. The third-order valence-electron chi connectivity index (χ3n) is 10.9. The molecule has 0 radical (unpaired) electrons. The number of fused-ring (bicyclic) bond motifs is 5. The topological polar surface area (TPSA) is 96.0 Å². The number of ether oxygens (including phenoxy) is 3. The summed E-state index contributed by atoms with van der Waals surface area (Å²) in [5.41, 5.74) is -0.503. The van der Waals surface area contributed by atoms with Gasteiger partial charge in [0.05, 0.1) is 7.11 Å². The predicted molar refractivity (Wildman–Crippen MR) is 133 cm³/mol. The molecule has 4 aliphatic rings. The SMILES string of the molecule is COC(=O)CC[C@H](C)[C@H]1CC[C@H]2[C@@H]3[C@@H](OC(C)=O)C[C@H]4C[C@@H](OC(C)=O)CC[C@]4(C)[C@H]3CC(=O)[C@]12C. The quantitative estimate of drug-likeness (QED) is 0.375. The average Bonchev–Trinajstić information content (AvgIpc) is 3.16. The van der Waals surface area contributed by atoms with Crippen molar-refractivity contribution in [1.82, 2.24) is 0 Å². The molecule has 36 heavy (non-hydrogen) atoms. The molecular formula is C29H44O7. The van der Waals surface area contributed by atoms with Gasteiger partial charge in [0, 0.05) is 38.0 Å². The van der Waals surface area contributed by atoms with E-state index in [1.165, 1.54) is 21.0 Å². The van der Waals surface area contributed by atoms with Crippen LogP contribution in [0.5, 0.6) is 0 Å². The first-order valence-corrected chi connectivity index (χ1v) is 13.9. The fourth-order valence-electron chi connectivity index (χ4n) is 9.14. The largest absolute Gasteiger partial charge is 0.469 e. The van der Waals surface area contributed by atoms with Crippen molar-refractivity contribution < 1.29 is 33.4 Å². The maximum atomic E-state index is 14.0. The summed E-state index contributed by atoms with van der Waals surface area (Å²) in [5, 5.41) is 0. The number of carbonyl (C=O) groups excluding carboxylic acids is 4. The Hall–Kier alpha value is -1.92. The van der Waals surface area contributed by atoms with Crippen LogP contribution in [0, 0.1) is 46.3 Å². The zero-order chi connectivity index (χ0) is 26.4. The van der Waals surface area contributed by atoms with Crippen LogP contribution in [0.2, 0.25) is 0 Å². The van der Waals surface area contributed by atoms with Crippen LogP contribution in [0.3, 0.4) is 0 Å². The van der Waals surface area contributed by atoms with Crippen LogP contribution in [0.4, 0.5) is 0 Å². The Bertz CT molecular complexity index is 898. The van der Waals surface area contributed by atoms with Crippen molar-refractivity contribution in [2.24, 2.45) is 46.3 Å². The summed E-state index contributed by atoms with van der Waals surface area (Å²) in [6, 6.07) is 0. The second kappa shape index (κ2) is 10.1. The van der Waals surface area contributed by atoms with Crippen LogP contribution < -0.4 is 0 Å². The van der Waals surface area contributed by atoms with E-state index in [0.29, 0.717) is 25.0 Å². The number of methoxy groups -OCH3 is 1. The minimum absolute atomic E-state index is 0.0382. The molecule has 10 atom stereocenters. The van der Waals surface area contributed by atoms with Gasteiger partial charge in [0.15, 0.2) is 0 Å². The van der Waals surface area contributed by atoms with Crippen LogP contribution in [-0.4, -0.2) is 43.0 Å². The molecule has 4 saturated carbocycles. The van der Waals surface area contributed by atoms with E-state index in [9.17, 15) is 19.2 Å². The maximum absolute atomic E-state index is 14.0. The molecule has 7 heteroatoms. The van der Waals surface area contributed by atoms with Crippen molar-refractivity contribution >= 4 is 23.7 Å². The highest BCUT2D eigenvalue weighted by Crippen LogP contribution is 2.67. The number of Topliss-reactive ketones (excluding diaryl/α,β-unsaturated/α-hetero) is 1. The molecule has 4 aliphatic carbocycles. The zero-order valence-corrected chi connectivity index (χ0v) is 22.8. The number of esters is 3. The summed E-state index contributed by atoms with van der Waals surface area (Å²) < 4.78 is 16.5. The van der Waals surface area contributed by atoms with E-state index in [2.05, 4.69) is 20.8 Å². The van der Waals surface area contributed by atoms with Gasteiger partial charge in [-0.15, -0.1) is 0 Å². The summed E-state index contributed by atoms with van der Waals surface area (Å²) in [7, 11) is 1.41. The molecule has 0 aliphatic heterocycles. The molecule has 0 N–H and O–H groups in total. The van der Waals surface area contributed by atoms with E-state index >= 15 is 0 Å². The van der Waals surface area contributed by atoms with E-state index in [1.54, 1.807) is 0 Å². The lowest BCUT2D eigenvalue weighted by Crippen LogP contribution is -2.62. The van der Waals surface area contributed by atoms with Gasteiger partial charge < -0.3 is 14.2 Å². The molecule has 4 rings (SSSR count). The Morgan fingerprint density at radius 3 is 2.33 bits per heavy atom. The first-order valence-electron chi connectivity index (χ1n) is 13.9. The van der Waals surface area contributed by atoms with Crippen molar-refractivity contribution in [1.29, 1.82) is 0 Å². The van der Waals surface area contributed by atoms with Gasteiger partial charge >= 0.3 is 17.9 Å². The van der Waals surface area contributed by atoms with Gasteiger partial charge in [-0.05, 0) is 80.0 Å². The number of carbonyl (C=O) groups is 4. The van der Waals surface area contributed by atoms with E-state index in [1.807, 2.05) is 0 Å². The Labute approximate surface area is 215 Å². The van der Waals surface area contributed by atoms with E-state index < -0.39 is 5.41 Å². The monoisotopic (exact) mass is 504 g/mol. The minimum atomic E-state index is -0.465. The van der Waals surface area contributed by atoms with Crippen LogP contribution >= 0.6 is 0 Å². The maximum Gasteiger partial charge on any atom is 0.305 e. The number of rotatable bonds is 6. The van der Waals surface area contributed by atoms with Gasteiger partial charge in [-0.2, -0.15) is 0 Å². The third-order valence-corrected chi connectivity index (χ3v) is 10.9. The highest BCUT2D eigenvalue weighted by Gasteiger charge is 2.66. The van der Waals surface area contributed by atoms with Gasteiger partial charge in [-0.25, -0.2) is 0 Å². The molecule has 0 heterocycles. The normalized spacial score (nSPS) is 42.4. The van der Waals surface area contributed by atoms with Crippen molar-refractivity contribution in [3.8, 4) is 0 Å². The fourth-order valence-corrected chi connectivity index (χ4v) is 9.14. The van der Waals surface area contributed by atoms with E-state index in [4.69, 9.17) is 14.2 Å². The zero-order valence-electron chi connectivity index (χ0n) is 22.8. The smallest absolute Gasteiger partial charge is 0.305 e. The van der Waals surface area contributed by atoms with E-state index in [0.717, 1.165) is 38.5 Å². The third kappa shape index (κ3) is 4.60. The molecule has 0 aromatic heterocycles. The predicted octanol–water partition coefficient (Wildman–Crippen LogP) is 4.89. The highest BCUT2D eigenvalue weighted by molar-refractivity contribution is 5.87. The van der Waals surface area contributed by atoms with Crippen LogP contribution in [0.1, 0.15) is 92.4 Å². The molecule has 0 unspecified atom stereocenters. The first kappa shape index (κ1) is 27.1. The second-order valence-electron chi connectivity index (χ2n) is 12.6. The highest BCUT2D eigenvalue weighted by atomic mass is 16.5. The summed E-state index contributed by atoms with van der Waals surface area (Å²) in [6.07, 6.45) is 6.44. The Kier molecular flexibility index (Phi) is 7.60. The molecule has 7 nitrogen and oxygen atoms in total. The molecular weight excluding hydrogens is 460 g/mol. The van der Waals surface area contributed by atoms with Crippen LogP contribution in [0.25, 0.3) is 0 Å². The van der Waals surface area contributed by atoms with Crippen molar-refractivity contribution in [3.63, 3.8) is 0 Å². The summed E-state index contributed by atoms with van der Waals surface area (Å²) >= 11 is 0. The number of hydrogen-bond donors (Lipinski definition) is 0. The van der Waals surface area contributed by atoms with Crippen LogP contribution in [0.15, 0.2) is 0 Å². The fraction of sp³-hybridized carbons (Fsp3) is 0.862. The van der Waals surface area contributed by atoms with Gasteiger partial charge in [-0.3, -0.25) is 19.2 Å². The van der Waals surface area contributed by atoms with E-state index in [-0.39, 0.29) is 71.0 Å². The minimum Gasteiger partial charge on any atom is -0.469 e. The van der Waals surface area contributed by atoms with Crippen molar-refractivity contribution in [2.75, 3.05) is 7.11 Å². The van der Waals surface area contributed by atoms with Crippen LogP contribution in [-0.2, 0) is 33.4 Å². The van der Waals surface area contributed by atoms with Gasteiger partial charge in [0.25, 0.3) is 0 Å². The molecule has 0 aromatic rings. The standard InChI is InChI=1S/C29H44O7/c1-16(7-10-26(33)34-6)21-8-9-22-27-23(15-25(32)29(21,22)5)28(4)12-11-20(35-17(2)30)13-19(28)14-24(27)36-18(3)31/h16,19-24,27H,7-15H2,1-6H3/t16-,19+,20-,21+,22-,23-,24-,27-,28-,29+/m0/s1. The lowest BCUT2D eigenvalue weighted by molar-refractivity contribution is -0.196. The van der Waals surface area contributed by atoms with Gasteiger partial charge in [-0.1, -0.05) is 20.8 Å². The van der Waals surface area contributed by atoms with Gasteiger partial charge in [0.1, 0.15) is 18.0 Å². The summed E-state index contributed by atoms with van der Waals surface area (Å²) in [4.78, 5) is 49.7. The van der Waals surface area contributed by atoms with Crippen molar-refractivity contribution in [2.45, 2.75) is 105 Å². The summed E-state index contributed by atoms with van der Waals surface area (Å²) in [5.74, 6) is 0.785. The Balaban J connectivity index is 1.62. The Morgan fingerprint density at radius 1 is 1.00 bits per heavy atom. The first-order chi connectivity index (χ1) is 16.9. The molecule has 202 valence electrons. The number of ketones is 1. The molecule has 0 saturated heterocycles.